The zero-order valence-electron chi connectivity index (χ0n) is 15.0. The summed E-state index contributed by atoms with van der Waals surface area (Å²) in [6.45, 7) is 1.80. The third-order valence-electron chi connectivity index (χ3n) is 4.20. The van der Waals surface area contributed by atoms with Gasteiger partial charge in [0.15, 0.2) is 0 Å². The summed E-state index contributed by atoms with van der Waals surface area (Å²) in [4.78, 5) is 2.17. The van der Waals surface area contributed by atoms with E-state index in [-0.39, 0.29) is 0 Å². The van der Waals surface area contributed by atoms with Gasteiger partial charge in [-0.05, 0) is 54.9 Å². The van der Waals surface area contributed by atoms with E-state index in [1.54, 1.807) is 0 Å². The maximum absolute atomic E-state index is 5.80. The van der Waals surface area contributed by atoms with Gasteiger partial charge in [0.2, 0.25) is 0 Å². The number of ether oxygens (including phenoxy) is 1. The van der Waals surface area contributed by atoms with Crippen molar-refractivity contribution in [2.45, 2.75) is 6.42 Å². The smallest absolute Gasteiger partial charge is 0.119 e. The van der Waals surface area contributed by atoms with Crippen molar-refractivity contribution in [3.8, 4) is 28.0 Å². The first-order valence-electron chi connectivity index (χ1n) is 8.76. The van der Waals surface area contributed by atoms with E-state index in [4.69, 9.17) is 4.74 Å². The van der Waals surface area contributed by atoms with Crippen LogP contribution < -0.4 is 4.74 Å². The molecule has 0 atom stereocenters. The molecular weight excluding hydrogens is 306 g/mol. The van der Waals surface area contributed by atoms with Crippen molar-refractivity contribution in [2.24, 2.45) is 0 Å². The Balaban J connectivity index is 1.62. The summed E-state index contributed by atoms with van der Waals surface area (Å²) in [6, 6.07) is 27.5. The predicted octanol–water partition coefficient (Wildman–Crippen LogP) is 5.35. The Kier molecular flexibility index (Phi) is 5.86. The molecule has 0 bridgehead atoms. The van der Waals surface area contributed by atoms with E-state index in [1.807, 2.05) is 6.07 Å². The standard InChI is InChI=1S/C23H25NO/c1-24(2)17-6-18-25-23-15-13-22(14-16-23)21-11-9-20(10-12-21)19-7-4-3-5-8-19/h3-5,7-16H,6,17-18H2,1-2H3. The van der Waals surface area contributed by atoms with E-state index in [2.05, 4.69) is 91.8 Å². The molecule has 2 heteroatoms. The highest BCUT2D eigenvalue weighted by Crippen LogP contribution is 2.26. The molecule has 3 rings (SSSR count). The Hall–Kier alpha value is -2.58. The fourth-order valence-corrected chi connectivity index (χ4v) is 2.80. The van der Waals surface area contributed by atoms with Crippen LogP contribution >= 0.6 is 0 Å². The SMILES string of the molecule is CN(C)CCCOc1ccc(-c2ccc(-c3ccccc3)cc2)cc1. The van der Waals surface area contributed by atoms with Crippen molar-refractivity contribution in [1.82, 2.24) is 4.90 Å². The molecule has 3 aromatic carbocycles. The average molecular weight is 331 g/mol. The molecule has 0 fully saturated rings. The topological polar surface area (TPSA) is 12.5 Å². The van der Waals surface area contributed by atoms with Gasteiger partial charge in [-0.1, -0.05) is 66.7 Å². The highest BCUT2D eigenvalue weighted by Gasteiger charge is 2.01. The first kappa shape index (κ1) is 17.2. The molecule has 25 heavy (non-hydrogen) atoms. The number of rotatable bonds is 7. The summed E-state index contributed by atoms with van der Waals surface area (Å²) >= 11 is 0. The lowest BCUT2D eigenvalue weighted by Crippen LogP contribution is -2.15. The Morgan fingerprint density at radius 3 is 1.64 bits per heavy atom. The molecule has 0 amide bonds. The lowest BCUT2D eigenvalue weighted by Gasteiger charge is -2.11. The van der Waals surface area contributed by atoms with Crippen LogP contribution in [-0.4, -0.2) is 32.1 Å². The molecule has 0 heterocycles. The molecule has 0 spiro atoms. The zero-order chi connectivity index (χ0) is 17.5. The molecular formula is C23H25NO. The number of hydrogen-bond acceptors (Lipinski definition) is 2. The maximum Gasteiger partial charge on any atom is 0.119 e. The number of hydrogen-bond donors (Lipinski definition) is 0. The monoisotopic (exact) mass is 331 g/mol. The maximum atomic E-state index is 5.80. The van der Waals surface area contributed by atoms with Crippen LogP contribution in [-0.2, 0) is 0 Å². The predicted molar refractivity (Wildman–Crippen MR) is 106 cm³/mol. The van der Waals surface area contributed by atoms with Crippen molar-refractivity contribution < 1.29 is 4.74 Å². The van der Waals surface area contributed by atoms with E-state index in [1.165, 1.54) is 22.3 Å². The molecule has 0 saturated carbocycles. The number of nitrogens with zero attached hydrogens (tertiary/aromatic N) is 1. The van der Waals surface area contributed by atoms with Gasteiger partial charge < -0.3 is 9.64 Å². The quantitative estimate of drug-likeness (QED) is 0.541. The van der Waals surface area contributed by atoms with Crippen LogP contribution in [0.4, 0.5) is 0 Å². The fourth-order valence-electron chi connectivity index (χ4n) is 2.80. The van der Waals surface area contributed by atoms with Gasteiger partial charge in [-0.2, -0.15) is 0 Å². The Morgan fingerprint density at radius 1 is 0.640 bits per heavy atom. The Bertz CT molecular complexity index is 761. The second kappa shape index (κ2) is 8.50. The lowest BCUT2D eigenvalue weighted by atomic mass is 10.0. The zero-order valence-corrected chi connectivity index (χ0v) is 15.0. The minimum Gasteiger partial charge on any atom is -0.494 e. The van der Waals surface area contributed by atoms with Gasteiger partial charge in [-0.3, -0.25) is 0 Å². The van der Waals surface area contributed by atoms with Gasteiger partial charge in [0.1, 0.15) is 5.75 Å². The summed E-state index contributed by atoms with van der Waals surface area (Å²) < 4.78 is 5.80. The fraction of sp³-hybridized carbons (Fsp3) is 0.217. The molecule has 0 saturated heterocycles. The van der Waals surface area contributed by atoms with Gasteiger partial charge in [0, 0.05) is 6.54 Å². The van der Waals surface area contributed by atoms with Crippen molar-refractivity contribution in [2.75, 3.05) is 27.2 Å². The second-order valence-corrected chi connectivity index (χ2v) is 6.47. The van der Waals surface area contributed by atoms with Gasteiger partial charge in [0.05, 0.1) is 6.61 Å². The molecule has 0 N–H and O–H groups in total. The molecule has 128 valence electrons. The molecule has 0 aliphatic heterocycles. The highest BCUT2D eigenvalue weighted by atomic mass is 16.5. The van der Waals surface area contributed by atoms with E-state index in [0.29, 0.717) is 0 Å². The second-order valence-electron chi connectivity index (χ2n) is 6.47. The molecule has 0 radical (unpaired) electrons. The average Bonchev–Trinajstić information content (AvgIpc) is 2.66. The minimum absolute atomic E-state index is 0.753. The Morgan fingerprint density at radius 2 is 1.12 bits per heavy atom. The van der Waals surface area contributed by atoms with Gasteiger partial charge in [0.25, 0.3) is 0 Å². The third-order valence-corrected chi connectivity index (χ3v) is 4.20. The van der Waals surface area contributed by atoms with Crippen LogP contribution in [0.3, 0.4) is 0 Å². The Labute approximate surface area is 150 Å². The molecule has 3 aromatic rings. The van der Waals surface area contributed by atoms with Crippen molar-refractivity contribution in [3.63, 3.8) is 0 Å². The van der Waals surface area contributed by atoms with Gasteiger partial charge >= 0.3 is 0 Å². The molecule has 0 aromatic heterocycles. The van der Waals surface area contributed by atoms with Crippen LogP contribution in [0.2, 0.25) is 0 Å². The van der Waals surface area contributed by atoms with Crippen LogP contribution in [0.25, 0.3) is 22.3 Å². The van der Waals surface area contributed by atoms with Crippen LogP contribution in [0, 0.1) is 0 Å². The highest BCUT2D eigenvalue weighted by molar-refractivity contribution is 5.70. The summed E-state index contributed by atoms with van der Waals surface area (Å²) in [5.41, 5.74) is 4.92. The van der Waals surface area contributed by atoms with Crippen LogP contribution in [0.1, 0.15) is 6.42 Å². The first-order chi connectivity index (χ1) is 12.2. The van der Waals surface area contributed by atoms with E-state index >= 15 is 0 Å². The summed E-state index contributed by atoms with van der Waals surface area (Å²) in [7, 11) is 4.16. The molecule has 0 unspecified atom stereocenters. The molecule has 0 aliphatic carbocycles. The van der Waals surface area contributed by atoms with Crippen molar-refractivity contribution in [3.05, 3.63) is 78.9 Å². The summed E-state index contributed by atoms with van der Waals surface area (Å²) in [5.74, 6) is 0.934. The van der Waals surface area contributed by atoms with Crippen molar-refractivity contribution >= 4 is 0 Å². The summed E-state index contributed by atoms with van der Waals surface area (Å²) in [5, 5.41) is 0. The first-order valence-corrected chi connectivity index (χ1v) is 8.76. The molecule has 2 nitrogen and oxygen atoms in total. The summed E-state index contributed by atoms with van der Waals surface area (Å²) in [6.07, 6.45) is 1.04. The van der Waals surface area contributed by atoms with E-state index in [9.17, 15) is 0 Å². The normalized spacial score (nSPS) is 10.8. The minimum atomic E-state index is 0.753. The van der Waals surface area contributed by atoms with Crippen LogP contribution in [0.15, 0.2) is 78.9 Å². The largest absolute Gasteiger partial charge is 0.494 e. The van der Waals surface area contributed by atoms with Crippen molar-refractivity contribution in [1.29, 1.82) is 0 Å². The lowest BCUT2D eigenvalue weighted by molar-refractivity contribution is 0.281. The van der Waals surface area contributed by atoms with Gasteiger partial charge in [-0.25, -0.2) is 0 Å². The van der Waals surface area contributed by atoms with E-state index < -0.39 is 0 Å². The molecule has 0 aliphatic rings. The van der Waals surface area contributed by atoms with Crippen LogP contribution in [0.5, 0.6) is 5.75 Å². The van der Waals surface area contributed by atoms with Gasteiger partial charge in [-0.15, -0.1) is 0 Å². The van der Waals surface area contributed by atoms with E-state index in [0.717, 1.165) is 25.3 Å². The number of benzene rings is 3. The third kappa shape index (κ3) is 4.94.